The number of aromatic nitrogens is 1. The average molecular weight is 505 g/mol. The number of carbonyl (C=O) groups excluding carboxylic acids is 1. The summed E-state index contributed by atoms with van der Waals surface area (Å²) in [7, 11) is 0. The van der Waals surface area contributed by atoms with E-state index in [-0.39, 0.29) is 11.3 Å². The number of aryl methyl sites for hydroxylation is 1. The van der Waals surface area contributed by atoms with E-state index in [2.05, 4.69) is 78.8 Å². The number of carbonyl (C=O) groups is 1. The van der Waals surface area contributed by atoms with E-state index in [1.807, 2.05) is 0 Å². The van der Waals surface area contributed by atoms with Crippen LogP contribution in [0.25, 0.3) is 10.1 Å². The summed E-state index contributed by atoms with van der Waals surface area (Å²) in [5.41, 5.74) is 5.07. The number of nitrogens with zero attached hydrogens (tertiary/aromatic N) is 4. The van der Waals surface area contributed by atoms with Gasteiger partial charge in [0.25, 0.3) is 0 Å². The minimum atomic E-state index is -0.115. The smallest absolute Gasteiger partial charge is 0.227 e. The van der Waals surface area contributed by atoms with Crippen molar-refractivity contribution in [1.82, 2.24) is 9.27 Å². The average Bonchev–Trinajstić information content (AvgIpc) is 3.29. The fraction of sp³-hybridized carbons (Fsp3) is 0.533. The van der Waals surface area contributed by atoms with E-state index in [0.717, 1.165) is 57.9 Å². The van der Waals surface area contributed by atoms with E-state index < -0.39 is 0 Å². The third kappa shape index (κ3) is 5.03. The molecule has 36 heavy (non-hydrogen) atoms. The Kier molecular flexibility index (Phi) is 7.36. The zero-order chi connectivity index (χ0) is 25.3. The molecule has 0 aliphatic carbocycles. The molecule has 0 radical (unpaired) electrons. The van der Waals surface area contributed by atoms with E-state index in [9.17, 15) is 4.79 Å². The van der Waals surface area contributed by atoms with Crippen LogP contribution in [-0.2, 0) is 16.6 Å². The van der Waals surface area contributed by atoms with Gasteiger partial charge in [0.1, 0.15) is 5.82 Å². The molecule has 2 aliphatic rings. The van der Waals surface area contributed by atoms with E-state index in [1.54, 1.807) is 11.5 Å². The number of piperazine rings is 1. The van der Waals surface area contributed by atoms with Crippen LogP contribution in [0.4, 0.5) is 11.5 Å². The summed E-state index contributed by atoms with van der Waals surface area (Å²) < 4.78 is 6.03. The van der Waals surface area contributed by atoms with Crippen molar-refractivity contribution >= 4 is 39.0 Å². The first-order chi connectivity index (χ1) is 17.4. The summed E-state index contributed by atoms with van der Waals surface area (Å²) in [6.07, 6.45) is 5.07. The highest BCUT2D eigenvalue weighted by atomic mass is 32.1. The van der Waals surface area contributed by atoms with Crippen LogP contribution in [0.1, 0.15) is 63.1 Å². The van der Waals surface area contributed by atoms with Gasteiger partial charge in [0.05, 0.1) is 10.4 Å². The van der Waals surface area contributed by atoms with Gasteiger partial charge in [-0.05, 0) is 60.1 Å². The van der Waals surface area contributed by atoms with Gasteiger partial charge in [-0.1, -0.05) is 57.9 Å². The lowest BCUT2D eigenvalue weighted by Crippen LogP contribution is -2.47. The molecule has 0 atom stereocenters. The number of anilines is 2. The molecule has 0 unspecified atom stereocenters. The Morgan fingerprint density at radius 2 is 1.81 bits per heavy atom. The lowest BCUT2D eigenvalue weighted by Gasteiger charge is -2.40. The summed E-state index contributed by atoms with van der Waals surface area (Å²) >= 11 is 1.60. The topological polar surface area (TPSA) is 39.7 Å². The van der Waals surface area contributed by atoms with Crippen LogP contribution in [0.2, 0.25) is 0 Å². The summed E-state index contributed by atoms with van der Waals surface area (Å²) in [6, 6.07) is 13.3. The van der Waals surface area contributed by atoms with Gasteiger partial charge in [0, 0.05) is 56.5 Å². The number of rotatable bonds is 8. The fourth-order valence-electron chi connectivity index (χ4n) is 5.89. The second-order valence-electron chi connectivity index (χ2n) is 11.2. The lowest BCUT2D eigenvalue weighted by atomic mass is 9.75. The zero-order valence-electron chi connectivity index (χ0n) is 22.3. The van der Waals surface area contributed by atoms with Gasteiger partial charge >= 0.3 is 0 Å². The summed E-state index contributed by atoms with van der Waals surface area (Å²) in [4.78, 5) is 20.2. The predicted molar refractivity (Wildman–Crippen MR) is 153 cm³/mol. The largest absolute Gasteiger partial charge is 0.353 e. The molecule has 0 saturated carbocycles. The number of fused-ring (bicyclic) bond motifs is 2. The van der Waals surface area contributed by atoms with Crippen LogP contribution < -0.4 is 9.80 Å². The first-order valence-electron chi connectivity index (χ1n) is 13.6. The molecule has 1 saturated heterocycles. The van der Waals surface area contributed by atoms with Crippen LogP contribution in [0.5, 0.6) is 0 Å². The fourth-order valence-corrected chi connectivity index (χ4v) is 6.69. The maximum Gasteiger partial charge on any atom is 0.227 e. The number of hydrogen-bond acceptors (Lipinski definition) is 5. The van der Waals surface area contributed by atoms with Gasteiger partial charge < -0.3 is 9.80 Å². The molecule has 5 rings (SSSR count). The quantitative estimate of drug-likeness (QED) is 0.344. The molecule has 1 fully saturated rings. The van der Waals surface area contributed by atoms with Crippen molar-refractivity contribution in [2.45, 2.75) is 65.2 Å². The molecular formula is C30H40N4OS. The highest BCUT2D eigenvalue weighted by Gasteiger charge is 2.37. The van der Waals surface area contributed by atoms with Gasteiger partial charge in [0.15, 0.2) is 0 Å². The summed E-state index contributed by atoms with van der Waals surface area (Å²) in [5.74, 6) is 1.44. The van der Waals surface area contributed by atoms with Crippen LogP contribution in [0.3, 0.4) is 0 Å². The van der Waals surface area contributed by atoms with Crippen LogP contribution >= 0.6 is 11.5 Å². The second kappa shape index (κ2) is 10.5. The van der Waals surface area contributed by atoms with Crippen molar-refractivity contribution in [2.24, 2.45) is 0 Å². The number of hydrogen-bond donors (Lipinski definition) is 0. The molecule has 3 heterocycles. The Bertz CT molecular complexity index is 1220. The van der Waals surface area contributed by atoms with Crippen LogP contribution in [0, 0.1) is 6.92 Å². The molecule has 3 aromatic rings. The Hall–Kier alpha value is -2.44. The molecule has 5 nitrogen and oxygen atoms in total. The maximum absolute atomic E-state index is 13.0. The third-order valence-electron chi connectivity index (χ3n) is 7.99. The molecule has 1 aromatic heterocycles. The van der Waals surface area contributed by atoms with Crippen molar-refractivity contribution < 1.29 is 4.79 Å². The standard InChI is InChI=1S/C30H40N4OS/c1-5-6-9-13-34-27(35)21-30(3,4)25-20-23(19-22(2)28(25)34)12-14-32-15-17-33(18-16-32)29-24-10-7-8-11-26(24)36-31-29/h7-8,10-11,19-20H,5-6,9,12-18,21H2,1-4H3. The Labute approximate surface area is 220 Å². The van der Waals surface area contributed by atoms with Gasteiger partial charge in [-0.25, -0.2) is 0 Å². The van der Waals surface area contributed by atoms with E-state index in [4.69, 9.17) is 4.37 Å². The van der Waals surface area contributed by atoms with Gasteiger partial charge in [0.2, 0.25) is 5.91 Å². The second-order valence-corrected chi connectivity index (χ2v) is 12.0. The third-order valence-corrected chi connectivity index (χ3v) is 8.80. The molecular weight excluding hydrogens is 464 g/mol. The van der Waals surface area contributed by atoms with Crippen molar-refractivity contribution in [3.63, 3.8) is 0 Å². The minimum Gasteiger partial charge on any atom is -0.353 e. The summed E-state index contributed by atoms with van der Waals surface area (Å²) in [6.45, 7) is 15.0. The Balaban J connectivity index is 1.24. The highest BCUT2D eigenvalue weighted by Crippen LogP contribution is 2.43. The highest BCUT2D eigenvalue weighted by molar-refractivity contribution is 7.13. The molecule has 192 valence electrons. The van der Waals surface area contributed by atoms with Gasteiger partial charge in [-0.3, -0.25) is 9.69 Å². The van der Waals surface area contributed by atoms with Crippen molar-refractivity contribution in [3.05, 3.63) is 53.1 Å². The van der Waals surface area contributed by atoms with Crippen molar-refractivity contribution in [2.75, 3.05) is 49.1 Å². The minimum absolute atomic E-state index is 0.115. The zero-order valence-corrected chi connectivity index (χ0v) is 23.2. The lowest BCUT2D eigenvalue weighted by molar-refractivity contribution is -0.120. The van der Waals surface area contributed by atoms with E-state index in [1.165, 1.54) is 45.3 Å². The van der Waals surface area contributed by atoms with Crippen molar-refractivity contribution in [1.29, 1.82) is 0 Å². The number of amides is 1. The monoisotopic (exact) mass is 504 g/mol. The predicted octanol–water partition coefficient (Wildman–Crippen LogP) is 6.17. The first kappa shape index (κ1) is 25.2. The molecule has 2 aliphatic heterocycles. The molecule has 0 bridgehead atoms. The van der Waals surface area contributed by atoms with E-state index in [0.29, 0.717) is 6.42 Å². The van der Waals surface area contributed by atoms with E-state index >= 15 is 0 Å². The van der Waals surface area contributed by atoms with Crippen LogP contribution in [0.15, 0.2) is 36.4 Å². The summed E-state index contributed by atoms with van der Waals surface area (Å²) in [5, 5.41) is 1.28. The van der Waals surface area contributed by atoms with Gasteiger partial charge in [-0.15, -0.1) is 0 Å². The molecule has 6 heteroatoms. The molecule has 1 amide bonds. The maximum atomic E-state index is 13.0. The molecule has 2 aromatic carbocycles. The molecule has 0 spiro atoms. The van der Waals surface area contributed by atoms with Crippen molar-refractivity contribution in [3.8, 4) is 0 Å². The van der Waals surface area contributed by atoms with Crippen LogP contribution in [-0.4, -0.2) is 54.4 Å². The Morgan fingerprint density at radius 1 is 1.03 bits per heavy atom. The Morgan fingerprint density at radius 3 is 2.58 bits per heavy atom. The SMILES string of the molecule is CCCCCN1C(=O)CC(C)(C)c2cc(CCN3CCN(c4nsc5ccccc45)CC3)cc(C)c21. The van der Waals surface area contributed by atoms with Gasteiger partial charge in [-0.2, -0.15) is 4.37 Å². The number of unbranched alkanes of at least 4 members (excludes halogenated alkanes) is 2. The first-order valence-corrected chi connectivity index (χ1v) is 14.4. The molecule has 0 N–H and O–H groups in total. The normalized spacial score (nSPS) is 18.2. The number of benzene rings is 2.